The van der Waals surface area contributed by atoms with Crippen LogP contribution < -0.4 is 0 Å². The number of rotatable bonds is 7. The molecular formula is C15H21N3O3. The number of aromatic amines is 1. The lowest BCUT2D eigenvalue weighted by atomic mass is 10.1. The van der Waals surface area contributed by atoms with Gasteiger partial charge in [-0.05, 0) is 24.1 Å². The largest absolute Gasteiger partial charge is 0.467 e. The smallest absolute Gasteiger partial charge is 0.274 e. The molecule has 2 heterocycles. The van der Waals surface area contributed by atoms with Crippen molar-refractivity contribution in [1.82, 2.24) is 15.1 Å². The number of hydrogen-bond acceptors (Lipinski definition) is 4. The number of aromatic nitrogens is 2. The third-order valence-electron chi connectivity index (χ3n) is 3.22. The number of carbonyl (C=O) groups excluding carboxylic acids is 1. The maximum atomic E-state index is 12.6. The van der Waals surface area contributed by atoms with Crippen LogP contribution in [0.2, 0.25) is 0 Å². The van der Waals surface area contributed by atoms with Crippen molar-refractivity contribution in [2.75, 3.05) is 20.3 Å². The fourth-order valence-corrected chi connectivity index (χ4v) is 1.95. The third-order valence-corrected chi connectivity index (χ3v) is 3.22. The zero-order valence-corrected chi connectivity index (χ0v) is 12.6. The van der Waals surface area contributed by atoms with E-state index in [0.717, 1.165) is 11.5 Å². The van der Waals surface area contributed by atoms with Crippen molar-refractivity contribution < 1.29 is 13.9 Å². The van der Waals surface area contributed by atoms with Gasteiger partial charge in [-0.15, -0.1) is 0 Å². The fraction of sp³-hybridized carbons (Fsp3) is 0.467. The van der Waals surface area contributed by atoms with Gasteiger partial charge < -0.3 is 14.1 Å². The summed E-state index contributed by atoms with van der Waals surface area (Å²) in [5.74, 6) is 0.905. The van der Waals surface area contributed by atoms with E-state index in [1.807, 2.05) is 19.9 Å². The van der Waals surface area contributed by atoms with E-state index in [-0.39, 0.29) is 5.91 Å². The maximum Gasteiger partial charge on any atom is 0.274 e. The molecule has 21 heavy (non-hydrogen) atoms. The van der Waals surface area contributed by atoms with Crippen LogP contribution in [0.1, 0.15) is 41.7 Å². The summed E-state index contributed by atoms with van der Waals surface area (Å²) in [4.78, 5) is 14.2. The molecule has 6 heteroatoms. The zero-order chi connectivity index (χ0) is 15.2. The molecule has 0 saturated carbocycles. The molecule has 2 aromatic rings. The van der Waals surface area contributed by atoms with Gasteiger partial charge in [0.05, 0.1) is 19.4 Å². The minimum atomic E-state index is -0.133. The van der Waals surface area contributed by atoms with Gasteiger partial charge in [-0.3, -0.25) is 9.89 Å². The number of carbonyl (C=O) groups is 1. The van der Waals surface area contributed by atoms with E-state index in [1.165, 1.54) is 0 Å². The summed E-state index contributed by atoms with van der Waals surface area (Å²) in [5, 5.41) is 7.01. The van der Waals surface area contributed by atoms with Crippen LogP contribution in [0.15, 0.2) is 28.9 Å². The Morgan fingerprint density at radius 1 is 1.52 bits per heavy atom. The van der Waals surface area contributed by atoms with E-state index in [9.17, 15) is 4.79 Å². The monoisotopic (exact) mass is 291 g/mol. The van der Waals surface area contributed by atoms with Gasteiger partial charge in [0.2, 0.25) is 0 Å². The normalized spacial score (nSPS) is 11.0. The second kappa shape index (κ2) is 7.08. The van der Waals surface area contributed by atoms with E-state index in [2.05, 4.69) is 10.2 Å². The Morgan fingerprint density at radius 2 is 2.33 bits per heavy atom. The van der Waals surface area contributed by atoms with E-state index in [0.29, 0.717) is 31.3 Å². The number of hydrogen-bond donors (Lipinski definition) is 1. The Hall–Kier alpha value is -2.08. The Kier molecular flexibility index (Phi) is 5.16. The standard InChI is InChI=1S/C15H21N3O3/c1-11(2)13-9-14(17-16-13)15(19)18(6-8-20-3)10-12-5-4-7-21-12/h4-5,7,9,11H,6,8,10H2,1-3H3,(H,16,17). The van der Waals surface area contributed by atoms with Gasteiger partial charge in [0.15, 0.2) is 0 Å². The molecule has 2 rings (SSSR count). The molecule has 1 amide bonds. The first kappa shape index (κ1) is 15.3. The average Bonchev–Trinajstić information content (AvgIpc) is 3.13. The minimum Gasteiger partial charge on any atom is -0.467 e. The number of ether oxygens (including phenoxy) is 1. The van der Waals surface area contributed by atoms with Crippen LogP contribution in [0, 0.1) is 0 Å². The fourth-order valence-electron chi connectivity index (χ4n) is 1.95. The summed E-state index contributed by atoms with van der Waals surface area (Å²) in [6, 6.07) is 5.45. The minimum absolute atomic E-state index is 0.133. The molecule has 0 bridgehead atoms. The highest BCUT2D eigenvalue weighted by atomic mass is 16.5. The third kappa shape index (κ3) is 3.95. The number of nitrogens with zero attached hydrogens (tertiary/aromatic N) is 2. The predicted molar refractivity (Wildman–Crippen MR) is 78.0 cm³/mol. The van der Waals surface area contributed by atoms with E-state index < -0.39 is 0 Å². The summed E-state index contributed by atoms with van der Waals surface area (Å²) in [5.41, 5.74) is 1.37. The first-order valence-corrected chi connectivity index (χ1v) is 6.97. The molecule has 0 spiro atoms. The van der Waals surface area contributed by atoms with Gasteiger partial charge >= 0.3 is 0 Å². The van der Waals surface area contributed by atoms with Crippen LogP contribution >= 0.6 is 0 Å². The lowest BCUT2D eigenvalue weighted by molar-refractivity contribution is 0.0660. The Morgan fingerprint density at radius 3 is 2.90 bits per heavy atom. The van der Waals surface area contributed by atoms with Gasteiger partial charge in [0.25, 0.3) is 5.91 Å². The van der Waals surface area contributed by atoms with Crippen LogP contribution in [0.4, 0.5) is 0 Å². The lowest BCUT2D eigenvalue weighted by Crippen LogP contribution is -2.33. The van der Waals surface area contributed by atoms with Gasteiger partial charge in [0, 0.05) is 19.3 Å². The quantitative estimate of drug-likeness (QED) is 0.850. The molecule has 0 aliphatic rings. The summed E-state index contributed by atoms with van der Waals surface area (Å²) >= 11 is 0. The summed E-state index contributed by atoms with van der Waals surface area (Å²) < 4.78 is 10.4. The molecule has 0 saturated heterocycles. The van der Waals surface area contributed by atoms with Crippen LogP contribution in [-0.2, 0) is 11.3 Å². The highest BCUT2D eigenvalue weighted by Gasteiger charge is 2.20. The molecule has 0 fully saturated rings. The molecule has 6 nitrogen and oxygen atoms in total. The van der Waals surface area contributed by atoms with E-state index >= 15 is 0 Å². The van der Waals surface area contributed by atoms with Crippen molar-refractivity contribution in [2.45, 2.75) is 26.3 Å². The van der Waals surface area contributed by atoms with Gasteiger partial charge in [-0.25, -0.2) is 0 Å². The summed E-state index contributed by atoms with van der Waals surface area (Å²) in [7, 11) is 1.61. The van der Waals surface area contributed by atoms with Gasteiger partial charge in [0.1, 0.15) is 11.5 Å². The topological polar surface area (TPSA) is 71.4 Å². The Labute approximate surface area is 124 Å². The summed E-state index contributed by atoms with van der Waals surface area (Å²) in [6.45, 7) is 5.45. The number of nitrogens with one attached hydrogen (secondary N) is 1. The average molecular weight is 291 g/mol. The van der Waals surface area contributed by atoms with E-state index in [4.69, 9.17) is 9.15 Å². The number of amides is 1. The zero-order valence-electron chi connectivity index (χ0n) is 12.6. The molecular weight excluding hydrogens is 270 g/mol. The van der Waals surface area contributed by atoms with Crippen molar-refractivity contribution in [3.63, 3.8) is 0 Å². The van der Waals surface area contributed by atoms with Crippen LogP contribution in [0.25, 0.3) is 0 Å². The van der Waals surface area contributed by atoms with Crippen molar-refractivity contribution in [3.05, 3.63) is 41.6 Å². The number of methoxy groups -OCH3 is 1. The van der Waals surface area contributed by atoms with Crippen molar-refractivity contribution >= 4 is 5.91 Å². The van der Waals surface area contributed by atoms with Gasteiger partial charge in [-0.1, -0.05) is 13.8 Å². The summed E-state index contributed by atoms with van der Waals surface area (Å²) in [6.07, 6.45) is 1.60. The first-order chi connectivity index (χ1) is 10.1. The lowest BCUT2D eigenvalue weighted by Gasteiger charge is -2.20. The van der Waals surface area contributed by atoms with Crippen molar-refractivity contribution in [3.8, 4) is 0 Å². The highest BCUT2D eigenvalue weighted by Crippen LogP contribution is 2.14. The molecule has 0 radical (unpaired) electrons. The SMILES string of the molecule is COCCN(Cc1ccco1)C(=O)c1cc(C(C)C)[nH]n1. The molecule has 1 N–H and O–H groups in total. The number of furan rings is 1. The second-order valence-electron chi connectivity index (χ2n) is 5.16. The molecule has 114 valence electrons. The van der Waals surface area contributed by atoms with Crippen LogP contribution in [-0.4, -0.2) is 41.3 Å². The highest BCUT2D eigenvalue weighted by molar-refractivity contribution is 5.92. The van der Waals surface area contributed by atoms with Crippen molar-refractivity contribution in [1.29, 1.82) is 0 Å². The maximum absolute atomic E-state index is 12.6. The molecule has 0 aromatic carbocycles. The predicted octanol–water partition coefficient (Wildman–Crippen LogP) is 2.41. The van der Waals surface area contributed by atoms with Crippen LogP contribution in [0.3, 0.4) is 0 Å². The molecule has 0 atom stereocenters. The van der Waals surface area contributed by atoms with E-state index in [1.54, 1.807) is 30.4 Å². The Balaban J connectivity index is 2.12. The van der Waals surface area contributed by atoms with Crippen LogP contribution in [0.5, 0.6) is 0 Å². The van der Waals surface area contributed by atoms with Crippen molar-refractivity contribution in [2.24, 2.45) is 0 Å². The molecule has 0 aliphatic heterocycles. The number of H-pyrrole nitrogens is 1. The Bertz CT molecular complexity index is 560. The molecule has 2 aromatic heterocycles. The second-order valence-corrected chi connectivity index (χ2v) is 5.16. The molecule has 0 unspecified atom stereocenters. The first-order valence-electron chi connectivity index (χ1n) is 6.97. The molecule has 0 aliphatic carbocycles. The van der Waals surface area contributed by atoms with Gasteiger partial charge in [-0.2, -0.15) is 5.10 Å².